The number of rotatable bonds is 5. The Hall–Kier alpha value is -2.15. The van der Waals surface area contributed by atoms with Gasteiger partial charge in [-0.1, -0.05) is 20.8 Å². The Labute approximate surface area is 160 Å². The van der Waals surface area contributed by atoms with Crippen LogP contribution in [0.1, 0.15) is 33.6 Å². The Morgan fingerprint density at radius 3 is 2.27 bits per heavy atom. The van der Waals surface area contributed by atoms with Gasteiger partial charge in [-0.05, 0) is 42.4 Å². The Morgan fingerprint density at radius 2 is 1.73 bits per heavy atom. The van der Waals surface area contributed by atoms with Crippen molar-refractivity contribution in [1.82, 2.24) is 10.2 Å². The summed E-state index contributed by atoms with van der Waals surface area (Å²) in [6, 6.07) is 7.93. The van der Waals surface area contributed by atoms with Crippen LogP contribution >= 0.6 is 12.2 Å². The molecule has 1 aliphatic rings. The summed E-state index contributed by atoms with van der Waals surface area (Å²) in [5.41, 5.74) is 1.95. The first-order valence-corrected chi connectivity index (χ1v) is 9.53. The minimum Gasteiger partial charge on any atom is -0.368 e. The van der Waals surface area contributed by atoms with E-state index >= 15 is 0 Å². The molecule has 0 bridgehead atoms. The van der Waals surface area contributed by atoms with Gasteiger partial charge in [0.25, 0.3) is 0 Å². The molecule has 1 heterocycles. The van der Waals surface area contributed by atoms with E-state index in [-0.39, 0.29) is 11.8 Å². The van der Waals surface area contributed by atoms with Crippen LogP contribution in [0.3, 0.4) is 0 Å². The molecule has 0 spiro atoms. The second-order valence-corrected chi connectivity index (χ2v) is 7.28. The highest BCUT2D eigenvalue weighted by Crippen LogP contribution is 2.20. The predicted octanol–water partition coefficient (Wildman–Crippen LogP) is 2.60. The summed E-state index contributed by atoms with van der Waals surface area (Å²) in [4.78, 5) is 27.7. The Balaban J connectivity index is 1.85. The topological polar surface area (TPSA) is 64.7 Å². The van der Waals surface area contributed by atoms with E-state index in [4.69, 9.17) is 12.2 Å². The molecule has 1 fully saturated rings. The van der Waals surface area contributed by atoms with Crippen LogP contribution in [0, 0.1) is 5.92 Å². The number of piperazine rings is 1. The number of nitrogens with zero attached hydrogens (tertiary/aromatic N) is 2. The van der Waals surface area contributed by atoms with Gasteiger partial charge in [-0.25, -0.2) is 0 Å². The maximum atomic E-state index is 12.2. The van der Waals surface area contributed by atoms with Crippen molar-refractivity contribution in [2.75, 3.05) is 36.4 Å². The molecule has 26 heavy (non-hydrogen) atoms. The van der Waals surface area contributed by atoms with Crippen LogP contribution in [0.25, 0.3) is 0 Å². The SMILES string of the molecule is CCC(=O)NC(=S)Nc1ccc(N2CCN(C(=O)CC(C)C)CC2)cc1. The second kappa shape index (κ2) is 9.52. The van der Waals surface area contributed by atoms with Crippen LogP contribution in [0.15, 0.2) is 24.3 Å². The third kappa shape index (κ3) is 5.98. The van der Waals surface area contributed by atoms with Crippen LogP contribution in [-0.2, 0) is 9.59 Å². The molecule has 1 saturated heterocycles. The van der Waals surface area contributed by atoms with Crippen LogP contribution in [0.4, 0.5) is 11.4 Å². The fraction of sp³-hybridized carbons (Fsp3) is 0.526. The number of hydrogen-bond acceptors (Lipinski definition) is 4. The first-order chi connectivity index (χ1) is 12.4. The minimum absolute atomic E-state index is 0.107. The number of carbonyl (C=O) groups excluding carboxylic acids is 2. The zero-order valence-electron chi connectivity index (χ0n) is 15.7. The van der Waals surface area contributed by atoms with Gasteiger partial charge in [-0.3, -0.25) is 9.59 Å². The van der Waals surface area contributed by atoms with Crippen molar-refractivity contribution >= 4 is 40.5 Å². The van der Waals surface area contributed by atoms with Crippen molar-refractivity contribution in [3.63, 3.8) is 0 Å². The molecule has 2 amide bonds. The van der Waals surface area contributed by atoms with Crippen LogP contribution < -0.4 is 15.5 Å². The van der Waals surface area contributed by atoms with Crippen molar-refractivity contribution < 1.29 is 9.59 Å². The summed E-state index contributed by atoms with van der Waals surface area (Å²) in [6.45, 7) is 9.12. The number of carbonyl (C=O) groups is 2. The number of hydrogen-bond donors (Lipinski definition) is 2. The van der Waals surface area contributed by atoms with E-state index in [9.17, 15) is 9.59 Å². The highest BCUT2D eigenvalue weighted by molar-refractivity contribution is 7.80. The molecule has 7 heteroatoms. The average molecular weight is 377 g/mol. The number of thiocarbonyl (C=S) groups is 1. The van der Waals surface area contributed by atoms with Gasteiger partial charge in [-0.15, -0.1) is 0 Å². The van der Waals surface area contributed by atoms with E-state index < -0.39 is 0 Å². The lowest BCUT2D eigenvalue weighted by Gasteiger charge is -2.36. The van der Waals surface area contributed by atoms with Crippen LogP contribution in [0.5, 0.6) is 0 Å². The lowest BCUT2D eigenvalue weighted by atomic mass is 10.1. The predicted molar refractivity (Wildman–Crippen MR) is 109 cm³/mol. The summed E-state index contributed by atoms with van der Waals surface area (Å²) >= 11 is 5.11. The molecule has 2 rings (SSSR count). The van der Waals surface area contributed by atoms with Crippen LogP contribution in [0.2, 0.25) is 0 Å². The monoisotopic (exact) mass is 376 g/mol. The highest BCUT2D eigenvalue weighted by Gasteiger charge is 2.21. The quantitative estimate of drug-likeness (QED) is 0.774. The van der Waals surface area contributed by atoms with Gasteiger partial charge >= 0.3 is 0 Å². The fourth-order valence-electron chi connectivity index (χ4n) is 2.83. The minimum atomic E-state index is -0.107. The molecule has 0 atom stereocenters. The molecule has 2 N–H and O–H groups in total. The lowest BCUT2D eigenvalue weighted by molar-refractivity contribution is -0.132. The molecule has 1 aromatic carbocycles. The van der Waals surface area contributed by atoms with Gasteiger partial charge in [0, 0.05) is 50.4 Å². The van der Waals surface area contributed by atoms with Gasteiger partial charge in [-0.2, -0.15) is 0 Å². The Bertz CT molecular complexity index is 637. The molecular formula is C19H28N4O2S. The lowest BCUT2D eigenvalue weighted by Crippen LogP contribution is -2.49. The van der Waals surface area contributed by atoms with Crippen molar-refractivity contribution in [3.8, 4) is 0 Å². The number of amides is 2. The third-order valence-electron chi connectivity index (χ3n) is 4.28. The highest BCUT2D eigenvalue weighted by atomic mass is 32.1. The first-order valence-electron chi connectivity index (χ1n) is 9.12. The zero-order chi connectivity index (χ0) is 19.1. The van der Waals surface area contributed by atoms with Crippen LogP contribution in [-0.4, -0.2) is 48.0 Å². The molecular weight excluding hydrogens is 348 g/mol. The van der Waals surface area contributed by atoms with E-state index in [0.717, 1.165) is 37.6 Å². The van der Waals surface area contributed by atoms with Gasteiger partial charge in [0.1, 0.15) is 0 Å². The van der Waals surface area contributed by atoms with Gasteiger partial charge in [0.05, 0.1) is 0 Å². The standard InChI is InChI=1S/C19H28N4O2S/c1-4-17(24)21-19(26)20-15-5-7-16(8-6-15)22-9-11-23(12-10-22)18(25)13-14(2)3/h5-8,14H,4,9-13H2,1-3H3,(H2,20,21,24,26). The van der Waals surface area contributed by atoms with Gasteiger partial charge < -0.3 is 20.4 Å². The Kier molecular flexibility index (Phi) is 7.38. The number of nitrogens with one attached hydrogen (secondary N) is 2. The maximum absolute atomic E-state index is 12.2. The number of benzene rings is 1. The van der Waals surface area contributed by atoms with Crippen molar-refractivity contribution in [3.05, 3.63) is 24.3 Å². The van der Waals surface area contributed by atoms with Gasteiger partial charge in [0.2, 0.25) is 11.8 Å². The summed E-state index contributed by atoms with van der Waals surface area (Å²) in [6.07, 6.45) is 1.02. The fourth-order valence-corrected chi connectivity index (χ4v) is 3.06. The largest absolute Gasteiger partial charge is 0.368 e. The Morgan fingerprint density at radius 1 is 1.12 bits per heavy atom. The molecule has 0 aliphatic carbocycles. The van der Waals surface area contributed by atoms with E-state index in [2.05, 4.69) is 29.4 Å². The summed E-state index contributed by atoms with van der Waals surface area (Å²) in [7, 11) is 0. The maximum Gasteiger partial charge on any atom is 0.225 e. The summed E-state index contributed by atoms with van der Waals surface area (Å²) < 4.78 is 0. The van der Waals surface area contributed by atoms with Crippen molar-refractivity contribution in [1.29, 1.82) is 0 Å². The second-order valence-electron chi connectivity index (χ2n) is 6.87. The molecule has 0 saturated carbocycles. The average Bonchev–Trinajstić information content (AvgIpc) is 2.61. The van der Waals surface area contributed by atoms with E-state index in [1.165, 1.54) is 0 Å². The third-order valence-corrected chi connectivity index (χ3v) is 4.48. The summed E-state index contributed by atoms with van der Waals surface area (Å²) in [5.74, 6) is 0.541. The molecule has 0 unspecified atom stereocenters. The summed E-state index contributed by atoms with van der Waals surface area (Å²) in [5, 5.41) is 5.93. The number of anilines is 2. The molecule has 0 aromatic heterocycles. The van der Waals surface area contributed by atoms with Crippen molar-refractivity contribution in [2.24, 2.45) is 5.92 Å². The molecule has 6 nitrogen and oxygen atoms in total. The van der Waals surface area contributed by atoms with E-state index in [0.29, 0.717) is 23.9 Å². The first kappa shape index (κ1) is 20.2. The normalized spacial score (nSPS) is 14.3. The molecule has 0 radical (unpaired) electrons. The van der Waals surface area contributed by atoms with E-state index in [1.54, 1.807) is 6.92 Å². The zero-order valence-corrected chi connectivity index (χ0v) is 16.6. The molecule has 1 aromatic rings. The molecule has 1 aliphatic heterocycles. The van der Waals surface area contributed by atoms with E-state index in [1.807, 2.05) is 29.2 Å². The van der Waals surface area contributed by atoms with Gasteiger partial charge in [0.15, 0.2) is 5.11 Å². The smallest absolute Gasteiger partial charge is 0.225 e. The van der Waals surface area contributed by atoms with Crippen molar-refractivity contribution in [2.45, 2.75) is 33.6 Å². The molecule has 142 valence electrons.